The smallest absolute Gasteiger partial charge is 0.234 e. The Kier molecular flexibility index (Phi) is 5.68. The van der Waals surface area contributed by atoms with E-state index in [1.54, 1.807) is 0 Å². The molecule has 0 unspecified atom stereocenters. The Morgan fingerprint density at radius 3 is 2.70 bits per heavy atom. The lowest BCUT2D eigenvalue weighted by Crippen LogP contribution is -2.42. The number of amides is 1. The summed E-state index contributed by atoms with van der Waals surface area (Å²) in [5.41, 5.74) is 0.966. The molecule has 0 radical (unpaired) electrons. The lowest BCUT2D eigenvalue weighted by molar-refractivity contribution is -0.122. The van der Waals surface area contributed by atoms with Crippen molar-refractivity contribution >= 4 is 5.91 Å². The van der Waals surface area contributed by atoms with E-state index >= 15 is 0 Å². The summed E-state index contributed by atoms with van der Waals surface area (Å²) in [6, 6.07) is 10.1. The third-order valence-corrected chi connectivity index (χ3v) is 5.34. The van der Waals surface area contributed by atoms with Crippen LogP contribution in [0.15, 0.2) is 30.3 Å². The average Bonchev–Trinajstić information content (AvgIpc) is 2.93. The molecule has 2 aliphatic rings. The molecule has 2 fully saturated rings. The number of likely N-dealkylation sites (tertiary alicyclic amines) is 1. The summed E-state index contributed by atoms with van der Waals surface area (Å²) in [6.45, 7) is 2.27. The highest BCUT2D eigenvalue weighted by atomic mass is 16.3. The van der Waals surface area contributed by atoms with E-state index in [1.807, 2.05) is 30.3 Å². The zero-order valence-electron chi connectivity index (χ0n) is 13.8. The number of carbonyl (C=O) groups is 1. The Balaban J connectivity index is 1.46. The van der Waals surface area contributed by atoms with Crippen molar-refractivity contribution in [2.45, 2.75) is 50.7 Å². The number of aliphatic hydroxyl groups is 1. The molecule has 1 aromatic carbocycles. The molecule has 1 saturated carbocycles. The largest absolute Gasteiger partial charge is 0.388 e. The fourth-order valence-electron chi connectivity index (χ4n) is 3.63. The summed E-state index contributed by atoms with van der Waals surface area (Å²) in [5, 5.41) is 13.5. The fourth-order valence-corrected chi connectivity index (χ4v) is 3.63. The predicted octanol–water partition coefficient (Wildman–Crippen LogP) is 2.49. The van der Waals surface area contributed by atoms with E-state index in [-0.39, 0.29) is 5.91 Å². The van der Waals surface area contributed by atoms with Crippen LogP contribution in [0.4, 0.5) is 0 Å². The van der Waals surface area contributed by atoms with Gasteiger partial charge in [0.25, 0.3) is 0 Å². The topological polar surface area (TPSA) is 52.6 Å². The number of aliphatic hydroxyl groups excluding tert-OH is 1. The summed E-state index contributed by atoms with van der Waals surface area (Å²) in [4.78, 5) is 14.4. The fraction of sp³-hybridized carbons (Fsp3) is 0.632. The molecule has 2 N–H and O–H groups in total. The molecule has 1 aliphatic heterocycles. The van der Waals surface area contributed by atoms with Gasteiger partial charge in [0.15, 0.2) is 0 Å². The van der Waals surface area contributed by atoms with E-state index in [1.165, 1.54) is 19.3 Å². The van der Waals surface area contributed by atoms with Gasteiger partial charge in [0.05, 0.1) is 12.6 Å². The number of hydrogen-bond acceptors (Lipinski definition) is 3. The first-order valence-corrected chi connectivity index (χ1v) is 8.96. The van der Waals surface area contributed by atoms with Gasteiger partial charge < -0.3 is 10.4 Å². The van der Waals surface area contributed by atoms with Crippen LogP contribution in [0.1, 0.15) is 50.2 Å². The Bertz CT molecular complexity index is 501. The number of nitrogens with zero attached hydrogens (tertiary/aromatic N) is 1. The normalized spacial score (nSPS) is 23.4. The Morgan fingerprint density at radius 1 is 1.22 bits per heavy atom. The number of nitrogens with one attached hydrogen (secondary N) is 1. The van der Waals surface area contributed by atoms with Crippen molar-refractivity contribution in [1.29, 1.82) is 0 Å². The summed E-state index contributed by atoms with van der Waals surface area (Å²) in [6.07, 6.45) is 6.28. The number of hydrogen-bond donors (Lipinski definition) is 2. The minimum absolute atomic E-state index is 0.137. The molecular weight excluding hydrogens is 288 g/mol. The maximum absolute atomic E-state index is 12.1. The quantitative estimate of drug-likeness (QED) is 0.812. The standard InChI is InChI=1S/C19H28N2O2/c22-18(16-8-2-1-3-9-16)12-17-10-5-11-21(17)14-19(23)20-13-15-6-4-7-15/h1-3,8-9,15,17-18,22H,4-7,10-14H2,(H,20,23)/t17-,18-/m1/s1. The molecule has 4 nitrogen and oxygen atoms in total. The molecule has 3 rings (SSSR count). The van der Waals surface area contributed by atoms with E-state index in [2.05, 4.69) is 10.2 Å². The van der Waals surface area contributed by atoms with Crippen LogP contribution < -0.4 is 5.32 Å². The van der Waals surface area contributed by atoms with E-state index in [9.17, 15) is 9.90 Å². The molecule has 2 atom stereocenters. The average molecular weight is 316 g/mol. The van der Waals surface area contributed by atoms with Crippen molar-refractivity contribution in [2.24, 2.45) is 5.92 Å². The summed E-state index contributed by atoms with van der Waals surface area (Å²) in [5.74, 6) is 0.839. The van der Waals surface area contributed by atoms with Gasteiger partial charge in [-0.1, -0.05) is 36.8 Å². The molecule has 0 bridgehead atoms. The van der Waals surface area contributed by atoms with Gasteiger partial charge in [-0.05, 0) is 50.1 Å². The van der Waals surface area contributed by atoms with Crippen LogP contribution in [-0.4, -0.2) is 41.6 Å². The van der Waals surface area contributed by atoms with E-state index in [0.29, 0.717) is 24.9 Å². The number of carbonyl (C=O) groups excluding carboxylic acids is 1. The minimum Gasteiger partial charge on any atom is -0.388 e. The summed E-state index contributed by atoms with van der Waals surface area (Å²) < 4.78 is 0. The first-order valence-electron chi connectivity index (χ1n) is 8.96. The molecule has 1 amide bonds. The van der Waals surface area contributed by atoms with Crippen molar-refractivity contribution in [1.82, 2.24) is 10.2 Å². The summed E-state index contributed by atoms with van der Waals surface area (Å²) in [7, 11) is 0. The van der Waals surface area contributed by atoms with Gasteiger partial charge in [0.2, 0.25) is 5.91 Å². The first-order chi connectivity index (χ1) is 11.2. The van der Waals surface area contributed by atoms with E-state index in [0.717, 1.165) is 31.5 Å². The lowest BCUT2D eigenvalue weighted by atomic mass is 9.85. The van der Waals surface area contributed by atoms with Gasteiger partial charge in [0, 0.05) is 12.6 Å². The molecule has 1 aliphatic carbocycles. The van der Waals surface area contributed by atoms with Gasteiger partial charge in [-0.3, -0.25) is 9.69 Å². The molecular formula is C19H28N2O2. The van der Waals surface area contributed by atoms with Crippen LogP contribution in [0.25, 0.3) is 0 Å². The van der Waals surface area contributed by atoms with Gasteiger partial charge in [-0.2, -0.15) is 0 Å². The second kappa shape index (κ2) is 7.93. The Labute approximate surface area is 138 Å². The third kappa shape index (κ3) is 4.55. The van der Waals surface area contributed by atoms with Crippen LogP contribution in [0.5, 0.6) is 0 Å². The van der Waals surface area contributed by atoms with Crippen molar-refractivity contribution in [3.05, 3.63) is 35.9 Å². The van der Waals surface area contributed by atoms with Gasteiger partial charge >= 0.3 is 0 Å². The maximum atomic E-state index is 12.1. The highest BCUT2D eigenvalue weighted by molar-refractivity contribution is 5.78. The van der Waals surface area contributed by atoms with E-state index < -0.39 is 6.10 Å². The molecule has 23 heavy (non-hydrogen) atoms. The van der Waals surface area contributed by atoms with Gasteiger partial charge in [-0.15, -0.1) is 0 Å². The molecule has 0 spiro atoms. The molecule has 4 heteroatoms. The van der Waals surface area contributed by atoms with Crippen LogP contribution in [0.2, 0.25) is 0 Å². The van der Waals surface area contributed by atoms with Gasteiger partial charge in [0.1, 0.15) is 0 Å². The van der Waals surface area contributed by atoms with Crippen molar-refractivity contribution < 1.29 is 9.90 Å². The van der Waals surface area contributed by atoms with Crippen LogP contribution in [0, 0.1) is 5.92 Å². The zero-order chi connectivity index (χ0) is 16.1. The van der Waals surface area contributed by atoms with E-state index in [4.69, 9.17) is 0 Å². The first kappa shape index (κ1) is 16.5. The monoisotopic (exact) mass is 316 g/mol. The number of rotatable bonds is 7. The summed E-state index contributed by atoms with van der Waals surface area (Å²) >= 11 is 0. The third-order valence-electron chi connectivity index (χ3n) is 5.34. The molecule has 1 aromatic rings. The minimum atomic E-state index is -0.445. The highest BCUT2D eigenvalue weighted by Crippen LogP contribution is 2.27. The Hall–Kier alpha value is -1.39. The molecule has 0 aromatic heterocycles. The van der Waals surface area contributed by atoms with Crippen LogP contribution in [0.3, 0.4) is 0 Å². The number of benzene rings is 1. The Morgan fingerprint density at radius 2 is 2.00 bits per heavy atom. The highest BCUT2D eigenvalue weighted by Gasteiger charge is 2.28. The van der Waals surface area contributed by atoms with Crippen molar-refractivity contribution in [2.75, 3.05) is 19.6 Å². The van der Waals surface area contributed by atoms with Crippen molar-refractivity contribution in [3.8, 4) is 0 Å². The molecule has 1 saturated heterocycles. The van der Waals surface area contributed by atoms with Crippen LogP contribution >= 0.6 is 0 Å². The van der Waals surface area contributed by atoms with Crippen molar-refractivity contribution in [3.63, 3.8) is 0 Å². The van der Waals surface area contributed by atoms with Crippen LogP contribution in [-0.2, 0) is 4.79 Å². The SMILES string of the molecule is O=C(CN1CCC[C@@H]1C[C@@H](O)c1ccccc1)NCC1CCC1. The predicted molar refractivity (Wildman–Crippen MR) is 91.0 cm³/mol. The second-order valence-corrected chi connectivity index (χ2v) is 7.03. The lowest BCUT2D eigenvalue weighted by Gasteiger charge is -2.28. The molecule has 1 heterocycles. The zero-order valence-corrected chi connectivity index (χ0v) is 13.8. The maximum Gasteiger partial charge on any atom is 0.234 e. The second-order valence-electron chi connectivity index (χ2n) is 7.03. The van der Waals surface area contributed by atoms with Gasteiger partial charge in [-0.25, -0.2) is 0 Å². The molecule has 126 valence electrons.